The van der Waals surface area contributed by atoms with E-state index in [1.807, 2.05) is 0 Å². The van der Waals surface area contributed by atoms with Crippen molar-refractivity contribution < 1.29 is 16.4 Å². The standard InChI is InChI=1S/2C21H17.C2H5.2ClH.Zr/c2*1-14-11-20-15(2)7-10-19(21(20)12-14)18-9-8-16-5-3-4-6-17(16)13-18;1-2;;;/h2*3-13H,1-2H3;1H2,2H3;2*1H;/q;;;;;+2/p-2. The molecule has 0 heterocycles. The summed E-state index contributed by atoms with van der Waals surface area (Å²) in [6.07, 6.45) is 4.80. The maximum absolute atomic E-state index is 8.43. The quantitative estimate of drug-likeness (QED) is 0.166. The van der Waals surface area contributed by atoms with Crippen LogP contribution in [-0.2, 0) is 16.4 Å². The zero-order valence-corrected chi connectivity index (χ0v) is 31.6. The Kier molecular flexibility index (Phi) is 7.38. The Labute approximate surface area is 287 Å². The Morgan fingerprint density at radius 2 is 0.915 bits per heavy atom. The van der Waals surface area contributed by atoms with Crippen molar-refractivity contribution in [2.75, 3.05) is 0 Å². The molecule has 0 bridgehead atoms. The van der Waals surface area contributed by atoms with E-state index in [0.717, 1.165) is 4.13 Å². The fourth-order valence-corrected chi connectivity index (χ4v) is 28.2. The van der Waals surface area contributed by atoms with Gasteiger partial charge in [-0.1, -0.05) is 0 Å². The van der Waals surface area contributed by atoms with Gasteiger partial charge < -0.3 is 0 Å². The minimum absolute atomic E-state index is 0.0307. The first kappa shape index (κ1) is 31.1. The number of hydrogen-bond acceptors (Lipinski definition) is 0. The molecule has 0 spiro atoms. The number of hydrogen-bond donors (Lipinski definition) is 0. The molecule has 0 aromatic heterocycles. The van der Waals surface area contributed by atoms with Crippen LogP contribution in [-0.4, -0.2) is 0 Å². The van der Waals surface area contributed by atoms with Crippen LogP contribution >= 0.6 is 17.0 Å². The van der Waals surface area contributed by atoms with E-state index in [1.54, 1.807) is 0 Å². The van der Waals surface area contributed by atoms with Crippen molar-refractivity contribution in [3.05, 3.63) is 154 Å². The third kappa shape index (κ3) is 4.72. The Morgan fingerprint density at radius 3 is 1.32 bits per heavy atom. The van der Waals surface area contributed by atoms with Gasteiger partial charge in [-0.25, -0.2) is 0 Å². The summed E-state index contributed by atoms with van der Waals surface area (Å²) < 4.78 is 0.861. The molecule has 6 aromatic rings. The monoisotopic (exact) mass is 727 g/mol. The molecule has 0 fully saturated rings. The third-order valence-electron chi connectivity index (χ3n) is 11.2. The number of aryl methyl sites for hydroxylation is 2. The fraction of sp³-hybridized carbons (Fsp3) is 0.182. The van der Waals surface area contributed by atoms with Gasteiger partial charge in [-0.2, -0.15) is 0 Å². The molecule has 2 unspecified atom stereocenters. The van der Waals surface area contributed by atoms with Crippen molar-refractivity contribution >= 4 is 50.7 Å². The number of fused-ring (bicyclic) bond motifs is 4. The van der Waals surface area contributed by atoms with Gasteiger partial charge in [-0.3, -0.25) is 0 Å². The van der Waals surface area contributed by atoms with E-state index in [1.165, 1.54) is 88.3 Å². The molecule has 2 aliphatic rings. The van der Waals surface area contributed by atoms with Gasteiger partial charge in [0.05, 0.1) is 0 Å². The molecule has 0 nitrogen and oxygen atoms in total. The van der Waals surface area contributed by atoms with Crippen LogP contribution in [0.25, 0.3) is 56.0 Å². The molecule has 0 N–H and O–H groups in total. The van der Waals surface area contributed by atoms with Gasteiger partial charge in [-0.15, -0.1) is 0 Å². The minimum atomic E-state index is -4.83. The summed E-state index contributed by atoms with van der Waals surface area (Å²) in [5.41, 5.74) is 15.4. The van der Waals surface area contributed by atoms with Gasteiger partial charge in [-0.05, 0) is 0 Å². The Hall–Kier alpha value is -3.22. The van der Waals surface area contributed by atoms with E-state index in [-0.39, 0.29) is 7.25 Å². The molecule has 3 heteroatoms. The summed E-state index contributed by atoms with van der Waals surface area (Å²) in [6, 6.07) is 40.0. The van der Waals surface area contributed by atoms with Crippen molar-refractivity contribution in [2.24, 2.45) is 0 Å². The third-order valence-corrected chi connectivity index (χ3v) is 32.3. The Morgan fingerprint density at radius 1 is 0.511 bits per heavy atom. The molecular formula is C44H39Cl2Zr. The van der Waals surface area contributed by atoms with Crippen molar-refractivity contribution in [1.82, 2.24) is 0 Å². The van der Waals surface area contributed by atoms with Crippen LogP contribution in [0.1, 0.15) is 61.4 Å². The summed E-state index contributed by atoms with van der Waals surface area (Å²) in [5, 5.41) is 5.02. The van der Waals surface area contributed by atoms with Crippen LogP contribution in [0.3, 0.4) is 0 Å². The first-order valence-corrected chi connectivity index (χ1v) is 27.7. The number of halogens is 2. The Balaban J connectivity index is 1.30. The summed E-state index contributed by atoms with van der Waals surface area (Å²) >= 11 is -4.83. The van der Waals surface area contributed by atoms with E-state index in [9.17, 15) is 0 Å². The van der Waals surface area contributed by atoms with Gasteiger partial charge in [0.25, 0.3) is 0 Å². The zero-order chi connectivity index (χ0) is 32.7. The fourth-order valence-electron chi connectivity index (χ4n) is 8.96. The zero-order valence-electron chi connectivity index (χ0n) is 27.7. The second-order valence-corrected chi connectivity index (χ2v) is 36.9. The van der Waals surface area contributed by atoms with E-state index in [0.29, 0.717) is 0 Å². The molecule has 0 saturated heterocycles. The van der Waals surface area contributed by atoms with Crippen molar-refractivity contribution in [3.63, 3.8) is 0 Å². The SMILES string of the molecule is C[CH2][Zr]([Cl])([Cl])([CH]1C(C)=Cc2c(-c3ccc4ccccc4c3)ccc(C)c21)[CH]1C(C)=Cc2c(-c3ccc4ccccc4c3)ccc(C)c21. The molecular weight excluding hydrogens is 691 g/mol. The summed E-state index contributed by atoms with van der Waals surface area (Å²) in [5.74, 6) is 0. The topological polar surface area (TPSA) is 0 Å². The maximum atomic E-state index is 8.43. The summed E-state index contributed by atoms with van der Waals surface area (Å²) in [4.78, 5) is 0. The van der Waals surface area contributed by atoms with E-state index in [4.69, 9.17) is 17.0 Å². The van der Waals surface area contributed by atoms with Crippen LogP contribution in [0.2, 0.25) is 4.13 Å². The predicted octanol–water partition coefficient (Wildman–Crippen LogP) is 14.0. The first-order valence-electron chi connectivity index (χ1n) is 16.8. The van der Waals surface area contributed by atoms with Crippen LogP contribution < -0.4 is 0 Å². The van der Waals surface area contributed by atoms with Gasteiger partial charge in [0.15, 0.2) is 0 Å². The van der Waals surface area contributed by atoms with Gasteiger partial charge in [0.2, 0.25) is 0 Å². The van der Waals surface area contributed by atoms with Crippen molar-refractivity contribution in [3.8, 4) is 22.3 Å². The molecule has 2 aliphatic carbocycles. The van der Waals surface area contributed by atoms with Gasteiger partial charge in [0.1, 0.15) is 0 Å². The van der Waals surface area contributed by atoms with Gasteiger partial charge >= 0.3 is 289 Å². The molecule has 0 saturated carbocycles. The molecule has 0 amide bonds. The van der Waals surface area contributed by atoms with E-state index in [2.05, 4.69) is 156 Å². The van der Waals surface area contributed by atoms with Crippen LogP contribution in [0.15, 0.2) is 120 Å². The van der Waals surface area contributed by atoms with Gasteiger partial charge in [0, 0.05) is 0 Å². The summed E-state index contributed by atoms with van der Waals surface area (Å²) in [7, 11) is 16.9. The Bertz CT molecular complexity index is 2180. The predicted molar refractivity (Wildman–Crippen MR) is 203 cm³/mol. The van der Waals surface area contributed by atoms with E-state index >= 15 is 0 Å². The second-order valence-electron chi connectivity index (χ2n) is 14.0. The van der Waals surface area contributed by atoms with Crippen LogP contribution in [0.4, 0.5) is 0 Å². The number of rotatable bonds is 5. The molecule has 0 radical (unpaired) electrons. The van der Waals surface area contributed by atoms with Crippen LogP contribution in [0.5, 0.6) is 0 Å². The average Bonchev–Trinajstić information content (AvgIpc) is 3.64. The second kappa shape index (κ2) is 11.2. The summed E-state index contributed by atoms with van der Waals surface area (Å²) in [6.45, 7) is 11.3. The first-order chi connectivity index (χ1) is 22.6. The molecule has 2 atom stereocenters. The number of allylic oxidation sites excluding steroid dienone is 2. The average molecular weight is 730 g/mol. The molecule has 0 aliphatic heterocycles. The molecule has 47 heavy (non-hydrogen) atoms. The number of benzene rings is 6. The van der Waals surface area contributed by atoms with Crippen molar-refractivity contribution in [2.45, 2.75) is 46.0 Å². The normalized spacial score (nSPS) is 18.1. The van der Waals surface area contributed by atoms with Crippen LogP contribution in [0, 0.1) is 13.8 Å². The van der Waals surface area contributed by atoms with Crippen molar-refractivity contribution in [1.29, 1.82) is 0 Å². The molecule has 233 valence electrons. The molecule has 6 aromatic carbocycles. The molecule has 8 rings (SSSR count). The van der Waals surface area contributed by atoms with E-state index < -0.39 is 16.4 Å².